The molecule has 1 aromatic heterocycles. The lowest BCUT2D eigenvalue weighted by atomic mass is 10.1. The van der Waals surface area contributed by atoms with Crippen molar-refractivity contribution in [3.8, 4) is 5.75 Å². The molecular formula is C17H21N3O. The zero-order chi connectivity index (χ0) is 14.7. The second kappa shape index (κ2) is 6.12. The maximum atomic E-state index is 5.18. The second-order valence-corrected chi connectivity index (χ2v) is 5.59. The molecular weight excluding hydrogens is 262 g/mol. The first-order chi connectivity index (χ1) is 10.3. The summed E-state index contributed by atoms with van der Waals surface area (Å²) in [7, 11) is 3.78. The summed E-state index contributed by atoms with van der Waals surface area (Å²) in [5.74, 6) is 2.58. The summed E-state index contributed by atoms with van der Waals surface area (Å²) in [5.41, 5.74) is 2.50. The van der Waals surface area contributed by atoms with E-state index >= 15 is 0 Å². The van der Waals surface area contributed by atoms with Crippen molar-refractivity contribution >= 4 is 5.82 Å². The summed E-state index contributed by atoms with van der Waals surface area (Å²) in [6.07, 6.45) is 5.22. The third kappa shape index (κ3) is 3.51. The number of hydrogen-bond donors (Lipinski definition) is 0. The van der Waals surface area contributed by atoms with Crippen molar-refractivity contribution in [1.29, 1.82) is 0 Å². The number of hydrogen-bond acceptors (Lipinski definition) is 4. The zero-order valence-electron chi connectivity index (χ0n) is 12.6. The standard InChI is InChI=1S/C17H21N3O/c1-20(10-9-13-3-7-15(21-2)8-4-13)17-11-16(14-5-6-14)18-12-19-17/h3-4,7-8,11-12,14H,5-6,9-10H2,1-2H3. The molecule has 110 valence electrons. The van der Waals surface area contributed by atoms with Crippen molar-refractivity contribution in [2.75, 3.05) is 25.6 Å². The van der Waals surface area contributed by atoms with E-state index in [1.807, 2.05) is 12.1 Å². The Balaban J connectivity index is 1.60. The first-order valence-corrected chi connectivity index (χ1v) is 7.42. The van der Waals surface area contributed by atoms with Crippen LogP contribution in [0.15, 0.2) is 36.7 Å². The minimum absolute atomic E-state index is 0.668. The molecule has 0 radical (unpaired) electrons. The molecule has 4 nitrogen and oxygen atoms in total. The molecule has 0 amide bonds. The van der Waals surface area contributed by atoms with Crippen LogP contribution in [0, 0.1) is 0 Å². The van der Waals surface area contributed by atoms with Gasteiger partial charge in [-0.15, -0.1) is 0 Å². The first kappa shape index (κ1) is 13.9. The lowest BCUT2D eigenvalue weighted by molar-refractivity contribution is 0.414. The molecule has 4 heteroatoms. The van der Waals surface area contributed by atoms with Gasteiger partial charge in [-0.1, -0.05) is 12.1 Å². The van der Waals surface area contributed by atoms with Crippen LogP contribution in [0.4, 0.5) is 5.82 Å². The maximum absolute atomic E-state index is 5.18. The molecule has 1 heterocycles. The number of ether oxygens (including phenoxy) is 1. The first-order valence-electron chi connectivity index (χ1n) is 7.42. The Morgan fingerprint density at radius 1 is 1.19 bits per heavy atom. The molecule has 0 bridgehead atoms. The molecule has 1 fully saturated rings. The number of likely N-dealkylation sites (N-methyl/N-ethyl adjacent to an activating group) is 1. The van der Waals surface area contributed by atoms with Gasteiger partial charge in [0.2, 0.25) is 0 Å². The van der Waals surface area contributed by atoms with Crippen LogP contribution < -0.4 is 9.64 Å². The molecule has 0 unspecified atom stereocenters. The zero-order valence-corrected chi connectivity index (χ0v) is 12.6. The molecule has 1 aliphatic carbocycles. The second-order valence-electron chi connectivity index (χ2n) is 5.59. The van der Waals surface area contributed by atoms with Crippen LogP contribution in [-0.4, -0.2) is 30.7 Å². The minimum atomic E-state index is 0.668. The quantitative estimate of drug-likeness (QED) is 0.816. The fraction of sp³-hybridized carbons (Fsp3) is 0.412. The van der Waals surface area contributed by atoms with E-state index in [0.29, 0.717) is 5.92 Å². The van der Waals surface area contributed by atoms with Crippen LogP contribution in [0.25, 0.3) is 0 Å². The molecule has 1 aromatic carbocycles. The molecule has 0 spiro atoms. The van der Waals surface area contributed by atoms with Gasteiger partial charge in [-0.2, -0.15) is 0 Å². The molecule has 0 N–H and O–H groups in total. The Hall–Kier alpha value is -2.10. The SMILES string of the molecule is COc1ccc(CCN(C)c2cc(C3CC3)ncn2)cc1. The number of nitrogens with zero attached hydrogens (tertiary/aromatic N) is 3. The summed E-state index contributed by atoms with van der Waals surface area (Å²) in [5, 5.41) is 0. The highest BCUT2D eigenvalue weighted by molar-refractivity contribution is 5.40. The Kier molecular flexibility index (Phi) is 4.04. The Morgan fingerprint density at radius 2 is 1.95 bits per heavy atom. The van der Waals surface area contributed by atoms with Gasteiger partial charge >= 0.3 is 0 Å². The normalized spacial score (nSPS) is 14.0. The molecule has 0 aliphatic heterocycles. The van der Waals surface area contributed by atoms with Gasteiger partial charge in [0.05, 0.1) is 7.11 Å². The summed E-state index contributed by atoms with van der Waals surface area (Å²) in [6, 6.07) is 10.4. The summed E-state index contributed by atoms with van der Waals surface area (Å²) >= 11 is 0. The van der Waals surface area contributed by atoms with Gasteiger partial charge in [0, 0.05) is 31.3 Å². The highest BCUT2D eigenvalue weighted by Crippen LogP contribution is 2.39. The van der Waals surface area contributed by atoms with Gasteiger partial charge in [0.25, 0.3) is 0 Å². The number of rotatable bonds is 6. The number of benzene rings is 1. The minimum Gasteiger partial charge on any atom is -0.497 e. The van der Waals surface area contributed by atoms with E-state index in [2.05, 4.69) is 40.1 Å². The smallest absolute Gasteiger partial charge is 0.131 e. The highest BCUT2D eigenvalue weighted by Gasteiger charge is 2.25. The third-order valence-corrected chi connectivity index (χ3v) is 3.96. The van der Waals surface area contributed by atoms with Gasteiger partial charge in [-0.05, 0) is 37.0 Å². The topological polar surface area (TPSA) is 38.2 Å². The largest absolute Gasteiger partial charge is 0.497 e. The van der Waals surface area contributed by atoms with E-state index in [1.54, 1.807) is 13.4 Å². The summed E-state index contributed by atoms with van der Waals surface area (Å²) in [4.78, 5) is 10.9. The lowest BCUT2D eigenvalue weighted by Crippen LogP contribution is -2.21. The predicted molar refractivity (Wildman–Crippen MR) is 84.0 cm³/mol. The van der Waals surface area contributed by atoms with E-state index < -0.39 is 0 Å². The molecule has 0 atom stereocenters. The molecule has 21 heavy (non-hydrogen) atoms. The summed E-state index contributed by atoms with van der Waals surface area (Å²) < 4.78 is 5.18. The van der Waals surface area contributed by atoms with Crippen LogP contribution in [-0.2, 0) is 6.42 Å². The molecule has 0 saturated heterocycles. The molecule has 3 rings (SSSR count). The Morgan fingerprint density at radius 3 is 2.62 bits per heavy atom. The van der Waals surface area contributed by atoms with Crippen LogP contribution in [0.3, 0.4) is 0 Å². The van der Waals surface area contributed by atoms with Crippen LogP contribution >= 0.6 is 0 Å². The fourth-order valence-electron chi connectivity index (χ4n) is 2.38. The average Bonchev–Trinajstić information content (AvgIpc) is 3.38. The van der Waals surface area contributed by atoms with Gasteiger partial charge in [0.1, 0.15) is 17.9 Å². The highest BCUT2D eigenvalue weighted by atomic mass is 16.5. The van der Waals surface area contributed by atoms with Crippen molar-refractivity contribution in [2.24, 2.45) is 0 Å². The van der Waals surface area contributed by atoms with E-state index in [0.717, 1.165) is 24.5 Å². The number of methoxy groups -OCH3 is 1. The van der Waals surface area contributed by atoms with Gasteiger partial charge in [-0.3, -0.25) is 0 Å². The van der Waals surface area contributed by atoms with E-state index in [1.165, 1.54) is 24.1 Å². The van der Waals surface area contributed by atoms with E-state index in [9.17, 15) is 0 Å². The van der Waals surface area contributed by atoms with Gasteiger partial charge < -0.3 is 9.64 Å². The van der Waals surface area contributed by atoms with Crippen molar-refractivity contribution in [1.82, 2.24) is 9.97 Å². The number of anilines is 1. The van der Waals surface area contributed by atoms with Crippen LogP contribution in [0.5, 0.6) is 5.75 Å². The maximum Gasteiger partial charge on any atom is 0.131 e. The van der Waals surface area contributed by atoms with Crippen molar-refractivity contribution in [3.05, 3.63) is 47.9 Å². The van der Waals surface area contributed by atoms with Crippen LogP contribution in [0.2, 0.25) is 0 Å². The monoisotopic (exact) mass is 283 g/mol. The van der Waals surface area contributed by atoms with Crippen molar-refractivity contribution < 1.29 is 4.74 Å². The van der Waals surface area contributed by atoms with Gasteiger partial charge in [-0.25, -0.2) is 9.97 Å². The lowest BCUT2D eigenvalue weighted by Gasteiger charge is -2.18. The molecule has 2 aromatic rings. The Bertz CT molecular complexity index is 593. The average molecular weight is 283 g/mol. The third-order valence-electron chi connectivity index (χ3n) is 3.96. The Labute approximate surface area is 125 Å². The van der Waals surface area contributed by atoms with Crippen molar-refractivity contribution in [2.45, 2.75) is 25.2 Å². The fourth-order valence-corrected chi connectivity index (χ4v) is 2.38. The van der Waals surface area contributed by atoms with Crippen LogP contribution in [0.1, 0.15) is 30.0 Å². The number of aromatic nitrogens is 2. The van der Waals surface area contributed by atoms with Crippen molar-refractivity contribution in [3.63, 3.8) is 0 Å². The molecule has 1 aliphatic rings. The molecule has 1 saturated carbocycles. The van der Waals surface area contributed by atoms with E-state index in [4.69, 9.17) is 4.74 Å². The summed E-state index contributed by atoms with van der Waals surface area (Å²) in [6.45, 7) is 0.938. The predicted octanol–water partition coefficient (Wildman–Crippen LogP) is 3.04. The van der Waals surface area contributed by atoms with Gasteiger partial charge in [0.15, 0.2) is 0 Å². The van der Waals surface area contributed by atoms with E-state index in [-0.39, 0.29) is 0 Å².